The molecule has 3 rings (SSSR count). The Morgan fingerprint density at radius 3 is 2.73 bits per heavy atom. The van der Waals surface area contributed by atoms with Crippen molar-refractivity contribution in [2.75, 3.05) is 20.5 Å². The second-order valence-corrected chi connectivity index (χ2v) is 6.50. The highest BCUT2D eigenvalue weighted by Crippen LogP contribution is 2.40. The lowest BCUT2D eigenvalue weighted by molar-refractivity contribution is -0.275. The number of hydrogen-bond acceptors (Lipinski definition) is 7. The number of aromatic nitrogens is 3. The number of halogens is 5. The number of H-pyrrole nitrogens is 1. The topological polar surface area (TPSA) is 79.8 Å². The van der Waals surface area contributed by atoms with Crippen LogP contribution in [0.15, 0.2) is 24.5 Å². The largest absolute Gasteiger partial charge is 0.573 e. The summed E-state index contributed by atoms with van der Waals surface area (Å²) in [6.07, 6.45) is -7.84. The van der Waals surface area contributed by atoms with Gasteiger partial charge in [-0.1, -0.05) is 0 Å². The van der Waals surface area contributed by atoms with Crippen molar-refractivity contribution in [2.24, 2.45) is 0 Å². The third kappa shape index (κ3) is 5.31. The molecule has 0 spiro atoms. The van der Waals surface area contributed by atoms with Crippen LogP contribution in [0, 0.1) is 4.77 Å². The predicted molar refractivity (Wildman–Crippen MR) is 91.0 cm³/mol. The average molecular weight is 457 g/mol. The first-order valence-corrected chi connectivity index (χ1v) is 8.74. The molecule has 2 heterocycles. The van der Waals surface area contributed by atoms with Crippen molar-refractivity contribution in [3.63, 3.8) is 0 Å². The zero-order chi connectivity index (χ0) is 21.9. The van der Waals surface area contributed by atoms with Gasteiger partial charge in [-0.15, -0.1) is 13.2 Å². The Morgan fingerprint density at radius 1 is 1.37 bits per heavy atom. The number of nitrogens with zero attached hydrogens (tertiary/aromatic N) is 2. The molecule has 2 unspecified atom stereocenters. The zero-order valence-corrected chi connectivity index (χ0v) is 16.1. The Morgan fingerprint density at radius 2 is 2.13 bits per heavy atom. The van der Waals surface area contributed by atoms with Gasteiger partial charge < -0.3 is 28.3 Å². The Labute approximate surface area is 171 Å². The summed E-state index contributed by atoms with van der Waals surface area (Å²) in [7, 11) is 1.38. The maximum absolute atomic E-state index is 13.4. The van der Waals surface area contributed by atoms with Gasteiger partial charge in [0.1, 0.15) is 25.5 Å². The van der Waals surface area contributed by atoms with E-state index in [1.165, 1.54) is 18.0 Å². The van der Waals surface area contributed by atoms with E-state index in [9.17, 15) is 22.0 Å². The Balaban J connectivity index is 2.04. The number of ether oxygens (including phenoxy) is 5. The highest BCUT2D eigenvalue weighted by Gasteiger charge is 2.45. The summed E-state index contributed by atoms with van der Waals surface area (Å²) in [6.45, 7) is -0.523. The number of hydrogen-bond donors (Lipinski definition) is 1. The first-order valence-electron chi connectivity index (χ1n) is 8.33. The average Bonchev–Trinajstić information content (AvgIpc) is 3.26. The molecule has 1 fully saturated rings. The molecule has 166 valence electrons. The molecule has 0 aliphatic carbocycles. The number of alkyl halides is 5. The van der Waals surface area contributed by atoms with E-state index in [1.54, 1.807) is 0 Å². The maximum atomic E-state index is 13.4. The quantitative estimate of drug-likeness (QED) is 0.369. The lowest BCUT2D eigenvalue weighted by Gasteiger charge is -2.29. The fourth-order valence-corrected chi connectivity index (χ4v) is 2.97. The second kappa shape index (κ2) is 8.93. The Kier molecular flexibility index (Phi) is 6.71. The van der Waals surface area contributed by atoms with Gasteiger partial charge in [0.05, 0.1) is 6.54 Å². The van der Waals surface area contributed by atoms with Crippen LogP contribution < -0.4 is 4.74 Å². The van der Waals surface area contributed by atoms with Crippen LogP contribution in [0.2, 0.25) is 0 Å². The van der Waals surface area contributed by atoms with Gasteiger partial charge in [0.25, 0.3) is 6.43 Å². The molecule has 30 heavy (non-hydrogen) atoms. The van der Waals surface area contributed by atoms with Crippen LogP contribution in [0.1, 0.15) is 17.6 Å². The molecule has 1 aromatic heterocycles. The molecule has 0 radical (unpaired) electrons. The van der Waals surface area contributed by atoms with Crippen LogP contribution >= 0.6 is 12.2 Å². The van der Waals surface area contributed by atoms with E-state index in [0.29, 0.717) is 6.07 Å². The van der Waals surface area contributed by atoms with E-state index in [0.717, 1.165) is 12.1 Å². The molecular weight excluding hydrogens is 441 g/mol. The van der Waals surface area contributed by atoms with E-state index >= 15 is 0 Å². The monoisotopic (exact) mass is 457 g/mol. The van der Waals surface area contributed by atoms with Crippen molar-refractivity contribution in [1.29, 1.82) is 0 Å². The van der Waals surface area contributed by atoms with Crippen molar-refractivity contribution in [3.05, 3.63) is 40.4 Å². The van der Waals surface area contributed by atoms with Crippen molar-refractivity contribution in [1.82, 2.24) is 14.8 Å². The molecule has 0 amide bonds. The van der Waals surface area contributed by atoms with E-state index in [4.69, 9.17) is 31.2 Å². The van der Waals surface area contributed by atoms with Gasteiger partial charge in [-0.25, -0.2) is 8.78 Å². The minimum absolute atomic E-state index is 0.147. The third-order valence-electron chi connectivity index (χ3n) is 4.00. The second-order valence-electron chi connectivity index (χ2n) is 6.11. The summed E-state index contributed by atoms with van der Waals surface area (Å²) in [5.74, 6) is -2.66. The van der Waals surface area contributed by atoms with E-state index in [2.05, 4.69) is 14.9 Å². The number of methoxy groups -OCH3 is 1. The van der Waals surface area contributed by atoms with Gasteiger partial charge in [-0.2, -0.15) is 5.10 Å². The molecule has 1 aromatic carbocycles. The van der Waals surface area contributed by atoms with Gasteiger partial charge in [0.2, 0.25) is 5.79 Å². The summed E-state index contributed by atoms with van der Waals surface area (Å²) in [6, 6.07) is 2.46. The van der Waals surface area contributed by atoms with Crippen LogP contribution in [0.5, 0.6) is 5.75 Å². The van der Waals surface area contributed by atoms with Crippen molar-refractivity contribution >= 4 is 12.2 Å². The fraction of sp³-hybridized carbons (Fsp3) is 0.500. The zero-order valence-electron chi connectivity index (χ0n) is 15.3. The van der Waals surface area contributed by atoms with Crippen molar-refractivity contribution in [2.45, 2.75) is 31.4 Å². The van der Waals surface area contributed by atoms with Gasteiger partial charge in [0.15, 0.2) is 11.1 Å². The molecule has 1 aliphatic heterocycles. The molecule has 1 aliphatic rings. The smallest absolute Gasteiger partial charge is 0.406 e. The van der Waals surface area contributed by atoms with Crippen LogP contribution in [0.3, 0.4) is 0 Å². The summed E-state index contributed by atoms with van der Waals surface area (Å²) in [5, 5.41) is 6.25. The minimum atomic E-state index is -5.08. The predicted octanol–water partition coefficient (Wildman–Crippen LogP) is 3.62. The summed E-state index contributed by atoms with van der Waals surface area (Å²) >= 11 is 5.07. The van der Waals surface area contributed by atoms with Crippen molar-refractivity contribution < 1.29 is 45.6 Å². The van der Waals surface area contributed by atoms with Gasteiger partial charge >= 0.3 is 6.36 Å². The summed E-state index contributed by atoms with van der Waals surface area (Å²) in [5.41, 5.74) is -0.860. The molecular formula is C16H16F5N3O5S. The van der Waals surface area contributed by atoms with E-state index < -0.39 is 36.2 Å². The molecule has 1 saturated heterocycles. The molecule has 14 heteroatoms. The summed E-state index contributed by atoms with van der Waals surface area (Å²) < 4.78 is 91.7. The first kappa shape index (κ1) is 22.6. The molecule has 2 atom stereocenters. The van der Waals surface area contributed by atoms with Crippen LogP contribution in [0.25, 0.3) is 0 Å². The standard InChI is InChI=1S/C16H16F5N3O5S/c1-25-8-26-12-5-27-15(29-12,6-24-7-22-23-14(24)30)10-2-9(13(17)18)3-11(4-10)28-16(19,20)21/h2-4,7,12-13H,5-6,8H2,1H3,(H,23,30). The number of nitrogens with one attached hydrogen (secondary N) is 1. The molecule has 8 nitrogen and oxygen atoms in total. The van der Waals surface area contributed by atoms with E-state index in [1.807, 2.05) is 0 Å². The van der Waals surface area contributed by atoms with Crippen molar-refractivity contribution in [3.8, 4) is 5.75 Å². The Bertz CT molecular complexity index is 921. The first-order chi connectivity index (χ1) is 14.1. The SMILES string of the molecule is COCOC1COC(Cn2cn[nH]c2=S)(c2cc(OC(F)(F)F)cc(C(F)F)c2)O1. The number of aromatic amines is 1. The molecule has 1 N–H and O–H groups in total. The fourth-order valence-electron chi connectivity index (χ4n) is 2.80. The molecule has 2 aromatic rings. The highest BCUT2D eigenvalue weighted by atomic mass is 32.1. The van der Waals surface area contributed by atoms with Crippen LogP contribution in [-0.4, -0.2) is 47.9 Å². The van der Waals surface area contributed by atoms with E-state index in [-0.39, 0.29) is 30.3 Å². The Hall–Kier alpha value is -2.13. The third-order valence-corrected chi connectivity index (χ3v) is 4.32. The number of benzene rings is 1. The van der Waals surface area contributed by atoms with Gasteiger partial charge in [-0.05, 0) is 30.4 Å². The molecule has 0 bridgehead atoms. The highest BCUT2D eigenvalue weighted by molar-refractivity contribution is 7.71. The van der Waals surface area contributed by atoms with Crippen LogP contribution in [-0.2, 0) is 31.3 Å². The minimum Gasteiger partial charge on any atom is -0.406 e. The molecule has 0 saturated carbocycles. The maximum Gasteiger partial charge on any atom is 0.573 e. The van der Waals surface area contributed by atoms with Crippen LogP contribution in [0.4, 0.5) is 22.0 Å². The van der Waals surface area contributed by atoms with Gasteiger partial charge in [0, 0.05) is 18.2 Å². The normalized spacial score (nSPS) is 22.0. The van der Waals surface area contributed by atoms with Gasteiger partial charge in [-0.3, -0.25) is 5.10 Å². The lowest BCUT2D eigenvalue weighted by Crippen LogP contribution is -2.34. The summed E-state index contributed by atoms with van der Waals surface area (Å²) in [4.78, 5) is 0. The number of rotatable bonds is 8. The lowest BCUT2D eigenvalue weighted by atomic mass is 10.0.